The average molecular weight is 275 g/mol. The zero-order valence-electron chi connectivity index (χ0n) is 11.5. The van der Waals surface area contributed by atoms with Gasteiger partial charge in [-0.05, 0) is 24.0 Å². The summed E-state index contributed by atoms with van der Waals surface area (Å²) in [5, 5.41) is 5.66. The number of rotatable bonds is 7. The molecule has 0 unspecified atom stereocenters. The maximum absolute atomic E-state index is 11.8. The van der Waals surface area contributed by atoms with Crippen molar-refractivity contribution >= 4 is 11.8 Å². The standard InChI is InChI=1S/C15H21N3O2/c16-10-12-4-2-1-3-11(12)9-15(20)17-8-7-14(19)18-13-5-6-13/h1-4,13H,5-10,16H2,(H,17,20)(H,18,19). The molecular weight excluding hydrogens is 254 g/mol. The highest BCUT2D eigenvalue weighted by atomic mass is 16.2. The van der Waals surface area contributed by atoms with Crippen molar-refractivity contribution in [1.82, 2.24) is 10.6 Å². The van der Waals surface area contributed by atoms with Gasteiger partial charge in [-0.1, -0.05) is 24.3 Å². The topological polar surface area (TPSA) is 84.2 Å². The second kappa shape index (κ2) is 7.05. The lowest BCUT2D eigenvalue weighted by molar-refractivity contribution is -0.122. The Kier molecular flexibility index (Phi) is 5.12. The molecule has 0 bridgehead atoms. The number of carbonyl (C=O) groups excluding carboxylic acids is 2. The average Bonchev–Trinajstić information content (AvgIpc) is 3.23. The lowest BCUT2D eigenvalue weighted by Gasteiger charge is -2.08. The van der Waals surface area contributed by atoms with Gasteiger partial charge in [-0.15, -0.1) is 0 Å². The van der Waals surface area contributed by atoms with Gasteiger partial charge in [0.05, 0.1) is 6.42 Å². The predicted octanol–water partition coefficient (Wildman–Crippen LogP) is 0.473. The highest BCUT2D eigenvalue weighted by Crippen LogP contribution is 2.18. The molecule has 1 aliphatic carbocycles. The van der Waals surface area contributed by atoms with Gasteiger partial charge in [-0.2, -0.15) is 0 Å². The molecule has 2 amide bonds. The SMILES string of the molecule is NCc1ccccc1CC(=O)NCCC(=O)NC1CC1. The van der Waals surface area contributed by atoms with E-state index in [1.165, 1.54) is 0 Å². The molecule has 5 nitrogen and oxygen atoms in total. The fourth-order valence-corrected chi connectivity index (χ4v) is 2.01. The van der Waals surface area contributed by atoms with Crippen LogP contribution in [0.3, 0.4) is 0 Å². The van der Waals surface area contributed by atoms with Gasteiger partial charge in [0.15, 0.2) is 0 Å². The Bertz CT molecular complexity index is 484. The molecule has 5 heteroatoms. The van der Waals surface area contributed by atoms with Crippen molar-refractivity contribution in [3.63, 3.8) is 0 Å². The lowest BCUT2D eigenvalue weighted by atomic mass is 10.0. The number of nitrogens with two attached hydrogens (primary N) is 1. The van der Waals surface area contributed by atoms with E-state index in [1.807, 2.05) is 24.3 Å². The second-order valence-corrected chi connectivity index (χ2v) is 5.09. The van der Waals surface area contributed by atoms with E-state index < -0.39 is 0 Å². The number of hydrogen-bond acceptors (Lipinski definition) is 3. The highest BCUT2D eigenvalue weighted by Gasteiger charge is 2.22. The van der Waals surface area contributed by atoms with Crippen molar-refractivity contribution in [1.29, 1.82) is 0 Å². The predicted molar refractivity (Wildman–Crippen MR) is 76.8 cm³/mol. The lowest BCUT2D eigenvalue weighted by Crippen LogP contribution is -2.32. The number of amides is 2. The van der Waals surface area contributed by atoms with E-state index in [9.17, 15) is 9.59 Å². The van der Waals surface area contributed by atoms with Gasteiger partial charge in [0.2, 0.25) is 11.8 Å². The molecule has 0 aromatic heterocycles. The summed E-state index contributed by atoms with van der Waals surface area (Å²) in [5.74, 6) is -0.0692. The van der Waals surface area contributed by atoms with Crippen LogP contribution in [-0.4, -0.2) is 24.4 Å². The van der Waals surface area contributed by atoms with Gasteiger partial charge in [0, 0.05) is 25.6 Å². The maximum atomic E-state index is 11.8. The van der Waals surface area contributed by atoms with Crippen LogP contribution >= 0.6 is 0 Å². The van der Waals surface area contributed by atoms with Gasteiger partial charge in [-0.3, -0.25) is 9.59 Å². The van der Waals surface area contributed by atoms with Crippen LogP contribution in [0.5, 0.6) is 0 Å². The van der Waals surface area contributed by atoms with Crippen LogP contribution in [0, 0.1) is 0 Å². The number of carbonyl (C=O) groups is 2. The largest absolute Gasteiger partial charge is 0.355 e. The Morgan fingerprint density at radius 3 is 2.50 bits per heavy atom. The molecule has 0 radical (unpaired) electrons. The molecule has 4 N–H and O–H groups in total. The quantitative estimate of drug-likeness (QED) is 0.676. The minimum atomic E-state index is -0.0786. The molecule has 0 atom stereocenters. The molecule has 0 spiro atoms. The molecule has 2 rings (SSSR count). The molecule has 108 valence electrons. The Morgan fingerprint density at radius 1 is 1.15 bits per heavy atom. The van der Waals surface area contributed by atoms with E-state index >= 15 is 0 Å². The summed E-state index contributed by atoms with van der Waals surface area (Å²) in [6.07, 6.45) is 2.79. The number of benzene rings is 1. The molecule has 20 heavy (non-hydrogen) atoms. The van der Waals surface area contributed by atoms with E-state index in [2.05, 4.69) is 10.6 Å². The van der Waals surface area contributed by atoms with Gasteiger partial charge in [-0.25, -0.2) is 0 Å². The molecule has 1 fully saturated rings. The van der Waals surface area contributed by atoms with Gasteiger partial charge >= 0.3 is 0 Å². The van der Waals surface area contributed by atoms with E-state index in [0.29, 0.717) is 32.0 Å². The molecule has 1 aromatic rings. The van der Waals surface area contributed by atoms with E-state index in [1.54, 1.807) is 0 Å². The first-order chi connectivity index (χ1) is 9.69. The van der Waals surface area contributed by atoms with Crippen LogP contribution in [0.25, 0.3) is 0 Å². The van der Waals surface area contributed by atoms with Crippen LogP contribution in [-0.2, 0) is 22.6 Å². The van der Waals surface area contributed by atoms with E-state index in [0.717, 1.165) is 24.0 Å². The van der Waals surface area contributed by atoms with Crippen LogP contribution in [0.15, 0.2) is 24.3 Å². The minimum Gasteiger partial charge on any atom is -0.355 e. The zero-order valence-corrected chi connectivity index (χ0v) is 11.5. The van der Waals surface area contributed by atoms with Gasteiger partial charge in [0.1, 0.15) is 0 Å². The smallest absolute Gasteiger partial charge is 0.224 e. The van der Waals surface area contributed by atoms with Crippen molar-refractivity contribution < 1.29 is 9.59 Å². The molecule has 1 aliphatic rings. The summed E-state index contributed by atoms with van der Waals surface area (Å²) in [5.41, 5.74) is 7.55. The Morgan fingerprint density at radius 2 is 1.85 bits per heavy atom. The third kappa shape index (κ3) is 4.66. The number of hydrogen-bond donors (Lipinski definition) is 3. The molecular formula is C15H21N3O2. The first-order valence-corrected chi connectivity index (χ1v) is 7.02. The summed E-state index contributed by atoms with van der Waals surface area (Å²) in [4.78, 5) is 23.3. The summed E-state index contributed by atoms with van der Waals surface area (Å²) in [7, 11) is 0. The van der Waals surface area contributed by atoms with Crippen molar-refractivity contribution in [2.75, 3.05) is 6.54 Å². The molecule has 1 saturated carbocycles. The van der Waals surface area contributed by atoms with Gasteiger partial charge < -0.3 is 16.4 Å². The zero-order chi connectivity index (χ0) is 14.4. The maximum Gasteiger partial charge on any atom is 0.224 e. The Labute approximate surface area is 118 Å². The summed E-state index contributed by atoms with van der Waals surface area (Å²) >= 11 is 0. The summed E-state index contributed by atoms with van der Waals surface area (Å²) in [6, 6.07) is 8.00. The Balaban J connectivity index is 1.70. The van der Waals surface area contributed by atoms with Crippen LogP contribution in [0.2, 0.25) is 0 Å². The fraction of sp³-hybridized carbons (Fsp3) is 0.467. The molecule has 0 saturated heterocycles. The molecule has 1 aromatic carbocycles. The van der Waals surface area contributed by atoms with Crippen molar-refractivity contribution in [2.24, 2.45) is 5.73 Å². The highest BCUT2D eigenvalue weighted by molar-refractivity contribution is 5.80. The summed E-state index contributed by atoms with van der Waals surface area (Å²) < 4.78 is 0. The third-order valence-corrected chi connectivity index (χ3v) is 3.31. The first kappa shape index (κ1) is 14.5. The second-order valence-electron chi connectivity index (χ2n) is 5.09. The van der Waals surface area contributed by atoms with Crippen LogP contribution < -0.4 is 16.4 Å². The Hall–Kier alpha value is -1.88. The third-order valence-electron chi connectivity index (χ3n) is 3.31. The minimum absolute atomic E-state index is 0.00941. The van der Waals surface area contributed by atoms with Crippen molar-refractivity contribution in [3.05, 3.63) is 35.4 Å². The van der Waals surface area contributed by atoms with Gasteiger partial charge in [0.25, 0.3) is 0 Å². The number of nitrogens with one attached hydrogen (secondary N) is 2. The fourth-order valence-electron chi connectivity index (χ4n) is 2.01. The van der Waals surface area contributed by atoms with Crippen molar-refractivity contribution in [3.8, 4) is 0 Å². The van der Waals surface area contributed by atoms with E-state index in [-0.39, 0.29) is 11.8 Å². The summed E-state index contributed by atoms with van der Waals surface area (Å²) in [6.45, 7) is 0.801. The monoisotopic (exact) mass is 275 g/mol. The van der Waals surface area contributed by atoms with Crippen LogP contribution in [0.4, 0.5) is 0 Å². The molecule has 0 heterocycles. The first-order valence-electron chi connectivity index (χ1n) is 7.02. The van der Waals surface area contributed by atoms with E-state index in [4.69, 9.17) is 5.73 Å². The van der Waals surface area contributed by atoms with Crippen molar-refractivity contribution in [2.45, 2.75) is 38.3 Å². The normalized spacial score (nSPS) is 13.8. The molecule has 0 aliphatic heterocycles. The van der Waals surface area contributed by atoms with Crippen LogP contribution in [0.1, 0.15) is 30.4 Å².